The number of carbonyl (C=O) groups excluding carboxylic acids is 1. The number of carbonyl (C=O) groups is 1. The number of amides is 1. The Kier molecular flexibility index (Phi) is 4.05. The maximum absolute atomic E-state index is 13.5. The van der Waals surface area contributed by atoms with Crippen molar-refractivity contribution in [3.63, 3.8) is 0 Å². The number of rotatable bonds is 3. The quantitative estimate of drug-likeness (QED) is 0.855. The van der Waals surface area contributed by atoms with Gasteiger partial charge in [0.15, 0.2) is 0 Å². The van der Waals surface area contributed by atoms with Gasteiger partial charge in [0, 0.05) is 11.3 Å². The molecule has 6 heteroatoms. The molecule has 0 aliphatic heterocycles. The number of anilines is 1. The van der Waals surface area contributed by atoms with E-state index in [1.165, 1.54) is 12.1 Å². The second-order valence-electron chi connectivity index (χ2n) is 4.00. The standard InChI is InChI=1S/C14H10F2N2OS/c15-10-5-2-6-11(16)12(10)14(19)18-9-4-1-3-8(7-9)13(17)20/h1-7H,(H2,17,20)(H,18,19). The number of benzene rings is 2. The average Bonchev–Trinajstić information content (AvgIpc) is 2.38. The number of nitrogens with two attached hydrogens (primary N) is 1. The third-order valence-electron chi connectivity index (χ3n) is 2.59. The fraction of sp³-hybridized carbons (Fsp3) is 0. The van der Waals surface area contributed by atoms with E-state index < -0.39 is 23.1 Å². The summed E-state index contributed by atoms with van der Waals surface area (Å²) in [5, 5.41) is 2.40. The lowest BCUT2D eigenvalue weighted by atomic mass is 10.1. The number of thiocarbonyl (C=S) groups is 1. The van der Waals surface area contributed by atoms with Crippen molar-refractivity contribution >= 4 is 28.8 Å². The van der Waals surface area contributed by atoms with Crippen LogP contribution in [0.3, 0.4) is 0 Å². The van der Waals surface area contributed by atoms with E-state index in [9.17, 15) is 13.6 Å². The highest BCUT2D eigenvalue weighted by Crippen LogP contribution is 2.16. The summed E-state index contributed by atoms with van der Waals surface area (Å²) in [4.78, 5) is 12.0. The smallest absolute Gasteiger partial charge is 0.261 e. The fourth-order valence-electron chi connectivity index (χ4n) is 1.66. The highest BCUT2D eigenvalue weighted by atomic mass is 32.1. The Morgan fingerprint density at radius 1 is 1.10 bits per heavy atom. The Hall–Kier alpha value is -2.34. The van der Waals surface area contributed by atoms with Crippen LogP contribution in [0.5, 0.6) is 0 Å². The van der Waals surface area contributed by atoms with Crippen LogP contribution in [-0.4, -0.2) is 10.9 Å². The van der Waals surface area contributed by atoms with Crippen LogP contribution < -0.4 is 11.1 Å². The maximum atomic E-state index is 13.5. The Bertz CT molecular complexity index is 668. The van der Waals surface area contributed by atoms with Crippen molar-refractivity contribution in [3.05, 3.63) is 65.2 Å². The molecule has 3 N–H and O–H groups in total. The average molecular weight is 292 g/mol. The lowest BCUT2D eigenvalue weighted by Gasteiger charge is -2.08. The van der Waals surface area contributed by atoms with Gasteiger partial charge in [-0.25, -0.2) is 8.78 Å². The van der Waals surface area contributed by atoms with E-state index in [1.807, 2.05) is 0 Å². The largest absolute Gasteiger partial charge is 0.389 e. The zero-order chi connectivity index (χ0) is 14.7. The van der Waals surface area contributed by atoms with E-state index in [-0.39, 0.29) is 4.99 Å². The minimum atomic E-state index is -0.923. The lowest BCUT2D eigenvalue weighted by Crippen LogP contribution is -2.16. The van der Waals surface area contributed by atoms with E-state index in [0.29, 0.717) is 11.3 Å². The zero-order valence-electron chi connectivity index (χ0n) is 10.2. The van der Waals surface area contributed by atoms with Crippen molar-refractivity contribution in [2.45, 2.75) is 0 Å². The number of nitrogens with one attached hydrogen (secondary N) is 1. The van der Waals surface area contributed by atoms with Crippen molar-refractivity contribution in [2.24, 2.45) is 5.73 Å². The van der Waals surface area contributed by atoms with E-state index in [0.717, 1.165) is 12.1 Å². The molecule has 0 aliphatic rings. The first kappa shape index (κ1) is 14.1. The predicted octanol–water partition coefficient (Wildman–Crippen LogP) is 2.85. The topological polar surface area (TPSA) is 55.1 Å². The molecule has 20 heavy (non-hydrogen) atoms. The monoisotopic (exact) mass is 292 g/mol. The Labute approximate surface area is 119 Å². The molecule has 2 rings (SSSR count). The summed E-state index contributed by atoms with van der Waals surface area (Å²) >= 11 is 4.82. The van der Waals surface area contributed by atoms with Crippen LogP contribution in [-0.2, 0) is 0 Å². The summed E-state index contributed by atoms with van der Waals surface area (Å²) in [5.74, 6) is -2.72. The highest BCUT2D eigenvalue weighted by molar-refractivity contribution is 7.80. The van der Waals surface area contributed by atoms with Crippen LogP contribution in [0, 0.1) is 11.6 Å². The minimum absolute atomic E-state index is 0.165. The van der Waals surface area contributed by atoms with Gasteiger partial charge in [-0.15, -0.1) is 0 Å². The molecule has 0 saturated heterocycles. The van der Waals surface area contributed by atoms with Gasteiger partial charge in [0.25, 0.3) is 5.91 Å². The van der Waals surface area contributed by atoms with Gasteiger partial charge in [-0.05, 0) is 24.3 Å². The van der Waals surface area contributed by atoms with Crippen LogP contribution in [0.1, 0.15) is 15.9 Å². The van der Waals surface area contributed by atoms with E-state index in [2.05, 4.69) is 5.32 Å². The van der Waals surface area contributed by atoms with Gasteiger partial charge in [-0.1, -0.05) is 30.4 Å². The molecule has 0 fully saturated rings. The van der Waals surface area contributed by atoms with Gasteiger partial charge in [-0.2, -0.15) is 0 Å². The van der Waals surface area contributed by atoms with E-state index in [4.69, 9.17) is 18.0 Å². The maximum Gasteiger partial charge on any atom is 0.261 e. The first-order chi connectivity index (χ1) is 9.49. The van der Waals surface area contributed by atoms with Crippen LogP contribution in [0.4, 0.5) is 14.5 Å². The normalized spacial score (nSPS) is 10.1. The summed E-state index contributed by atoms with van der Waals surface area (Å²) in [6, 6.07) is 9.61. The molecule has 0 atom stereocenters. The van der Waals surface area contributed by atoms with E-state index in [1.54, 1.807) is 18.2 Å². The minimum Gasteiger partial charge on any atom is -0.389 e. The van der Waals surface area contributed by atoms with Gasteiger partial charge in [0.1, 0.15) is 22.2 Å². The van der Waals surface area contributed by atoms with Crippen LogP contribution in [0.25, 0.3) is 0 Å². The molecule has 2 aromatic rings. The molecule has 102 valence electrons. The van der Waals surface area contributed by atoms with Crippen LogP contribution in [0.2, 0.25) is 0 Å². The molecule has 0 spiro atoms. The van der Waals surface area contributed by atoms with Crippen LogP contribution in [0.15, 0.2) is 42.5 Å². The van der Waals surface area contributed by atoms with Crippen molar-refractivity contribution in [1.29, 1.82) is 0 Å². The SMILES string of the molecule is NC(=S)c1cccc(NC(=O)c2c(F)cccc2F)c1. The van der Waals surface area contributed by atoms with Crippen molar-refractivity contribution in [1.82, 2.24) is 0 Å². The van der Waals surface area contributed by atoms with Gasteiger partial charge < -0.3 is 11.1 Å². The highest BCUT2D eigenvalue weighted by Gasteiger charge is 2.17. The van der Waals surface area contributed by atoms with Gasteiger partial charge in [-0.3, -0.25) is 4.79 Å². The molecule has 0 radical (unpaired) electrons. The molecule has 0 saturated carbocycles. The molecular formula is C14H10F2N2OS. The first-order valence-electron chi connectivity index (χ1n) is 5.64. The summed E-state index contributed by atoms with van der Waals surface area (Å²) in [6.45, 7) is 0. The predicted molar refractivity (Wildman–Crippen MR) is 76.6 cm³/mol. The van der Waals surface area contributed by atoms with Crippen molar-refractivity contribution in [3.8, 4) is 0 Å². The molecule has 0 aromatic heterocycles. The van der Waals surface area contributed by atoms with Crippen molar-refractivity contribution in [2.75, 3.05) is 5.32 Å². The number of hydrogen-bond donors (Lipinski definition) is 2. The first-order valence-corrected chi connectivity index (χ1v) is 6.05. The third kappa shape index (κ3) is 2.97. The molecule has 0 bridgehead atoms. The van der Waals surface area contributed by atoms with Gasteiger partial charge in [0.2, 0.25) is 0 Å². The molecule has 1 amide bonds. The summed E-state index contributed by atoms with van der Waals surface area (Å²) in [6.07, 6.45) is 0. The molecule has 3 nitrogen and oxygen atoms in total. The Balaban J connectivity index is 2.28. The van der Waals surface area contributed by atoms with Crippen molar-refractivity contribution < 1.29 is 13.6 Å². The summed E-state index contributed by atoms with van der Waals surface area (Å²) in [7, 11) is 0. The second-order valence-corrected chi connectivity index (χ2v) is 4.44. The molecule has 0 unspecified atom stereocenters. The summed E-state index contributed by atoms with van der Waals surface area (Å²) in [5.41, 5.74) is 5.74. The summed E-state index contributed by atoms with van der Waals surface area (Å²) < 4.78 is 26.9. The van der Waals surface area contributed by atoms with Gasteiger partial charge >= 0.3 is 0 Å². The number of halogens is 2. The Morgan fingerprint density at radius 2 is 1.70 bits per heavy atom. The molecule has 2 aromatic carbocycles. The fourth-order valence-corrected chi connectivity index (χ4v) is 1.79. The van der Waals surface area contributed by atoms with E-state index >= 15 is 0 Å². The zero-order valence-corrected chi connectivity index (χ0v) is 11.0. The molecule has 0 heterocycles. The molecular weight excluding hydrogens is 282 g/mol. The Morgan fingerprint density at radius 3 is 2.30 bits per heavy atom. The second kappa shape index (κ2) is 5.75. The van der Waals surface area contributed by atoms with Crippen LogP contribution >= 0.6 is 12.2 Å². The molecule has 0 aliphatic carbocycles. The lowest BCUT2D eigenvalue weighted by molar-refractivity contribution is 0.101. The van der Waals surface area contributed by atoms with Gasteiger partial charge in [0.05, 0.1) is 0 Å². The number of hydrogen-bond acceptors (Lipinski definition) is 2. The third-order valence-corrected chi connectivity index (χ3v) is 2.83.